The summed E-state index contributed by atoms with van der Waals surface area (Å²) in [5.41, 5.74) is 1.62. The number of amides is 1. The molecule has 0 radical (unpaired) electrons. The number of carbonyl (C=O) groups excluding carboxylic acids is 1. The molecule has 0 atom stereocenters. The highest BCUT2D eigenvalue weighted by Crippen LogP contribution is 2.27. The van der Waals surface area contributed by atoms with Gasteiger partial charge in [-0.2, -0.15) is 4.98 Å². The first-order valence-corrected chi connectivity index (χ1v) is 9.84. The van der Waals surface area contributed by atoms with Crippen LogP contribution < -0.4 is 9.64 Å². The number of piperidine rings is 1. The highest BCUT2D eigenvalue weighted by Gasteiger charge is 2.29. The highest BCUT2D eigenvalue weighted by molar-refractivity contribution is 5.79. The quantitative estimate of drug-likeness (QED) is 0.635. The number of oxazole rings is 1. The Morgan fingerprint density at radius 3 is 2.69 bits per heavy atom. The smallest absolute Gasteiger partial charge is 0.298 e. The maximum atomic E-state index is 13.6. The van der Waals surface area contributed by atoms with E-state index in [-0.39, 0.29) is 24.2 Å². The minimum absolute atomic E-state index is 0.0333. The average Bonchev–Trinajstić information content (AvgIpc) is 3.19. The zero-order chi connectivity index (χ0) is 20.2. The zero-order valence-electron chi connectivity index (χ0n) is 16.4. The van der Waals surface area contributed by atoms with Crippen LogP contribution in [0.3, 0.4) is 0 Å². The second kappa shape index (κ2) is 8.51. The first kappa shape index (κ1) is 19.2. The third-order valence-corrected chi connectivity index (χ3v) is 5.29. The monoisotopic (exact) mass is 397 g/mol. The van der Waals surface area contributed by atoms with Crippen molar-refractivity contribution in [1.29, 1.82) is 0 Å². The Morgan fingerprint density at radius 2 is 1.93 bits per heavy atom. The van der Waals surface area contributed by atoms with Crippen molar-refractivity contribution >= 4 is 23.0 Å². The molecule has 0 N–H and O–H groups in total. The zero-order valence-corrected chi connectivity index (χ0v) is 16.4. The normalized spacial score (nSPS) is 14.9. The van der Waals surface area contributed by atoms with Gasteiger partial charge in [-0.25, -0.2) is 4.39 Å². The number of aromatic nitrogens is 1. The van der Waals surface area contributed by atoms with E-state index in [2.05, 4.69) is 9.88 Å². The molecule has 1 aliphatic rings. The van der Waals surface area contributed by atoms with E-state index in [9.17, 15) is 9.18 Å². The summed E-state index contributed by atoms with van der Waals surface area (Å²) < 4.78 is 24.9. The van der Waals surface area contributed by atoms with Gasteiger partial charge in [-0.15, -0.1) is 0 Å². The van der Waals surface area contributed by atoms with Crippen LogP contribution in [0.25, 0.3) is 11.1 Å². The summed E-state index contributed by atoms with van der Waals surface area (Å²) in [6.45, 7) is 2.12. The molecule has 152 valence electrons. The molecule has 0 aliphatic carbocycles. The minimum atomic E-state index is -0.395. The van der Waals surface area contributed by atoms with Crippen molar-refractivity contribution in [2.24, 2.45) is 5.92 Å². The Kier molecular flexibility index (Phi) is 5.64. The largest absolute Gasteiger partial charge is 0.489 e. The molecule has 1 fully saturated rings. The maximum absolute atomic E-state index is 13.6. The number of rotatable bonds is 6. The molecule has 0 bridgehead atoms. The van der Waals surface area contributed by atoms with Crippen molar-refractivity contribution in [3.05, 3.63) is 54.3 Å². The number of fused-ring (bicyclic) bond motifs is 1. The molecule has 29 heavy (non-hydrogen) atoms. The Morgan fingerprint density at radius 1 is 1.21 bits per heavy atom. The van der Waals surface area contributed by atoms with E-state index in [1.54, 1.807) is 30.1 Å². The van der Waals surface area contributed by atoms with Gasteiger partial charge >= 0.3 is 0 Å². The van der Waals surface area contributed by atoms with Crippen LogP contribution in [-0.4, -0.2) is 49.1 Å². The lowest BCUT2D eigenvalue weighted by Gasteiger charge is -2.32. The van der Waals surface area contributed by atoms with Gasteiger partial charge < -0.3 is 19.0 Å². The van der Waals surface area contributed by atoms with Gasteiger partial charge in [-0.05, 0) is 37.1 Å². The van der Waals surface area contributed by atoms with Crippen LogP contribution in [0.1, 0.15) is 12.8 Å². The third-order valence-electron chi connectivity index (χ3n) is 5.29. The Balaban J connectivity index is 1.26. The predicted molar refractivity (Wildman–Crippen MR) is 108 cm³/mol. The molecule has 0 spiro atoms. The van der Waals surface area contributed by atoms with Gasteiger partial charge in [0.15, 0.2) is 17.1 Å². The molecule has 6 nitrogen and oxygen atoms in total. The lowest BCUT2D eigenvalue weighted by molar-refractivity contribution is -0.135. The molecule has 4 rings (SSSR count). The summed E-state index contributed by atoms with van der Waals surface area (Å²) in [4.78, 5) is 21.0. The van der Waals surface area contributed by atoms with E-state index in [1.165, 1.54) is 6.07 Å². The van der Waals surface area contributed by atoms with Gasteiger partial charge in [0.25, 0.3) is 6.01 Å². The molecule has 2 aromatic carbocycles. The summed E-state index contributed by atoms with van der Waals surface area (Å²) >= 11 is 0. The third kappa shape index (κ3) is 4.34. The van der Waals surface area contributed by atoms with Crippen LogP contribution in [0.5, 0.6) is 5.75 Å². The van der Waals surface area contributed by atoms with E-state index in [0.29, 0.717) is 12.6 Å². The summed E-state index contributed by atoms with van der Waals surface area (Å²) in [7, 11) is 1.76. The Hall–Kier alpha value is -3.09. The molecular formula is C22H24FN3O3. The summed E-state index contributed by atoms with van der Waals surface area (Å²) in [5, 5.41) is 0. The van der Waals surface area contributed by atoms with E-state index in [4.69, 9.17) is 9.15 Å². The standard InChI is InChI=1S/C22H24FN3O3/c1-25(14-15-28-19-8-4-2-6-17(19)23)21(27)16-10-12-26(13-11-16)22-24-18-7-3-5-9-20(18)29-22/h2-9,16H,10-15H2,1H3. The second-order valence-corrected chi connectivity index (χ2v) is 7.26. The van der Waals surface area contributed by atoms with Crippen molar-refractivity contribution in [2.75, 3.05) is 38.2 Å². The fourth-order valence-corrected chi connectivity index (χ4v) is 3.59. The number of benzene rings is 2. The summed E-state index contributed by atoms with van der Waals surface area (Å²) in [5.74, 6) is -0.124. The number of nitrogens with zero attached hydrogens (tertiary/aromatic N) is 3. The molecule has 1 aromatic heterocycles. The topological polar surface area (TPSA) is 58.8 Å². The number of likely N-dealkylation sites (N-methyl/N-ethyl adjacent to an activating group) is 1. The summed E-state index contributed by atoms with van der Waals surface area (Å²) in [6, 6.07) is 14.6. The van der Waals surface area contributed by atoms with Crippen LogP contribution in [-0.2, 0) is 4.79 Å². The van der Waals surface area contributed by atoms with Gasteiger partial charge in [-0.1, -0.05) is 24.3 Å². The fourth-order valence-electron chi connectivity index (χ4n) is 3.59. The van der Waals surface area contributed by atoms with Crippen LogP contribution in [0.2, 0.25) is 0 Å². The number of halogens is 1. The molecule has 1 aliphatic heterocycles. The lowest BCUT2D eigenvalue weighted by atomic mass is 9.95. The minimum Gasteiger partial charge on any atom is -0.489 e. The molecule has 1 saturated heterocycles. The van der Waals surface area contributed by atoms with Crippen LogP contribution in [0, 0.1) is 11.7 Å². The fraction of sp³-hybridized carbons (Fsp3) is 0.364. The molecule has 0 unspecified atom stereocenters. The van der Waals surface area contributed by atoms with E-state index in [1.807, 2.05) is 24.3 Å². The number of ether oxygens (including phenoxy) is 1. The number of hydrogen-bond acceptors (Lipinski definition) is 5. The van der Waals surface area contributed by atoms with Crippen molar-refractivity contribution in [1.82, 2.24) is 9.88 Å². The lowest BCUT2D eigenvalue weighted by Crippen LogP contribution is -2.42. The number of anilines is 1. The van der Waals surface area contributed by atoms with Gasteiger partial charge in [0.05, 0.1) is 6.54 Å². The van der Waals surface area contributed by atoms with Gasteiger partial charge in [0, 0.05) is 26.1 Å². The molecule has 0 saturated carbocycles. The number of hydrogen-bond donors (Lipinski definition) is 0. The number of carbonyl (C=O) groups is 1. The summed E-state index contributed by atoms with van der Waals surface area (Å²) in [6.07, 6.45) is 1.49. The van der Waals surface area contributed by atoms with Crippen LogP contribution >= 0.6 is 0 Å². The predicted octanol–water partition coefficient (Wildman–Crippen LogP) is 3.72. The molecule has 7 heteroatoms. The second-order valence-electron chi connectivity index (χ2n) is 7.26. The van der Waals surface area contributed by atoms with Crippen LogP contribution in [0.4, 0.5) is 10.4 Å². The number of para-hydroxylation sites is 3. The first-order valence-electron chi connectivity index (χ1n) is 9.84. The Bertz CT molecular complexity index is 949. The molecule has 3 aromatic rings. The van der Waals surface area contributed by atoms with Gasteiger partial charge in [0.2, 0.25) is 5.91 Å². The van der Waals surface area contributed by atoms with Crippen molar-refractivity contribution < 1.29 is 18.3 Å². The van der Waals surface area contributed by atoms with Crippen molar-refractivity contribution in [3.63, 3.8) is 0 Å². The van der Waals surface area contributed by atoms with Gasteiger partial charge in [0.1, 0.15) is 12.1 Å². The van der Waals surface area contributed by atoms with Crippen molar-refractivity contribution in [3.8, 4) is 5.75 Å². The average molecular weight is 397 g/mol. The highest BCUT2D eigenvalue weighted by atomic mass is 19.1. The van der Waals surface area contributed by atoms with Crippen LogP contribution in [0.15, 0.2) is 52.9 Å². The molecular weight excluding hydrogens is 373 g/mol. The van der Waals surface area contributed by atoms with Gasteiger partial charge in [-0.3, -0.25) is 4.79 Å². The first-order chi connectivity index (χ1) is 14.1. The SMILES string of the molecule is CN(CCOc1ccccc1F)C(=O)C1CCN(c2nc3ccccc3o2)CC1. The molecule has 1 amide bonds. The van der Waals surface area contributed by atoms with E-state index in [0.717, 1.165) is 37.0 Å². The Labute approximate surface area is 168 Å². The van der Waals surface area contributed by atoms with E-state index >= 15 is 0 Å². The molecule has 2 heterocycles. The maximum Gasteiger partial charge on any atom is 0.298 e. The van der Waals surface area contributed by atoms with E-state index < -0.39 is 5.82 Å². The van der Waals surface area contributed by atoms with Crippen molar-refractivity contribution in [2.45, 2.75) is 12.8 Å².